The average Bonchev–Trinajstić information content (AvgIpc) is 2.39. The smallest absolute Gasteiger partial charge is 0.123 e. The van der Waals surface area contributed by atoms with E-state index in [9.17, 15) is 5.11 Å². The summed E-state index contributed by atoms with van der Waals surface area (Å²) in [7, 11) is 3.71. The molecule has 0 radical (unpaired) electrons. The van der Waals surface area contributed by atoms with Crippen LogP contribution in [0.2, 0.25) is 0 Å². The van der Waals surface area contributed by atoms with E-state index in [0.29, 0.717) is 25.8 Å². The normalized spacial score (nSPS) is 12.7. The Labute approximate surface area is 115 Å². The molecule has 1 aromatic rings. The highest BCUT2D eigenvalue weighted by atomic mass is 16.5. The van der Waals surface area contributed by atoms with Gasteiger partial charge in [-0.3, -0.25) is 4.90 Å². The number of nitrogens with zero attached hydrogens (tertiary/aromatic N) is 1. The van der Waals surface area contributed by atoms with Crippen LogP contribution in [0.25, 0.3) is 0 Å². The minimum Gasteiger partial charge on any atom is -0.507 e. The molecule has 0 heterocycles. The summed E-state index contributed by atoms with van der Waals surface area (Å²) in [5.41, 5.74) is 0.898. The van der Waals surface area contributed by atoms with Crippen LogP contribution in [0.4, 0.5) is 0 Å². The van der Waals surface area contributed by atoms with Crippen molar-refractivity contribution in [1.82, 2.24) is 4.90 Å². The Morgan fingerprint density at radius 2 is 2.11 bits per heavy atom. The Hall–Kier alpha value is -1.26. The summed E-state index contributed by atoms with van der Waals surface area (Å²) in [6.45, 7) is 6.18. The molecule has 0 aromatic heterocycles. The highest BCUT2D eigenvalue weighted by Gasteiger charge is 2.12. The van der Waals surface area contributed by atoms with Gasteiger partial charge >= 0.3 is 0 Å². The number of ether oxygens (including phenoxy) is 2. The van der Waals surface area contributed by atoms with Gasteiger partial charge in [-0.2, -0.15) is 0 Å². The fourth-order valence-corrected chi connectivity index (χ4v) is 1.78. The van der Waals surface area contributed by atoms with Crippen molar-refractivity contribution in [2.75, 3.05) is 27.4 Å². The number of benzene rings is 1. The maximum Gasteiger partial charge on any atom is 0.123 e. The number of phenols is 1. The van der Waals surface area contributed by atoms with Crippen LogP contribution in [0.1, 0.15) is 25.8 Å². The fourth-order valence-electron chi connectivity index (χ4n) is 1.78. The van der Waals surface area contributed by atoms with Crippen LogP contribution in [-0.2, 0) is 11.3 Å². The Bertz CT molecular complexity index is 382. The Kier molecular flexibility index (Phi) is 6.67. The van der Waals surface area contributed by atoms with Crippen molar-refractivity contribution in [3.63, 3.8) is 0 Å². The van der Waals surface area contributed by atoms with Crippen molar-refractivity contribution in [2.24, 2.45) is 0 Å². The van der Waals surface area contributed by atoms with Crippen molar-refractivity contribution >= 4 is 0 Å². The number of phenolic OH excluding ortho intramolecular Hbond substituents is 1. The molecule has 0 saturated carbocycles. The zero-order valence-corrected chi connectivity index (χ0v) is 12.3. The SMILES string of the molecule is CCCOc1ccc(CN(C)C(C)COC)c(O)c1. The first-order valence-corrected chi connectivity index (χ1v) is 6.72. The van der Waals surface area contributed by atoms with Crippen LogP contribution < -0.4 is 4.74 Å². The summed E-state index contributed by atoms with van der Waals surface area (Å²) in [4.78, 5) is 2.14. The molecule has 0 spiro atoms. The molecule has 1 unspecified atom stereocenters. The molecule has 1 atom stereocenters. The van der Waals surface area contributed by atoms with Gasteiger partial charge in [0.05, 0.1) is 13.2 Å². The fraction of sp³-hybridized carbons (Fsp3) is 0.600. The maximum absolute atomic E-state index is 10.0. The lowest BCUT2D eigenvalue weighted by atomic mass is 10.1. The van der Waals surface area contributed by atoms with E-state index in [1.807, 2.05) is 19.2 Å². The Morgan fingerprint density at radius 3 is 2.68 bits per heavy atom. The molecule has 108 valence electrons. The van der Waals surface area contributed by atoms with Crippen molar-refractivity contribution in [3.05, 3.63) is 23.8 Å². The van der Waals surface area contributed by atoms with E-state index in [2.05, 4.69) is 18.7 Å². The van der Waals surface area contributed by atoms with E-state index >= 15 is 0 Å². The monoisotopic (exact) mass is 267 g/mol. The third-order valence-electron chi connectivity index (χ3n) is 3.11. The molecule has 0 saturated heterocycles. The van der Waals surface area contributed by atoms with Gasteiger partial charge in [0.25, 0.3) is 0 Å². The second-order valence-corrected chi connectivity index (χ2v) is 4.86. The molecule has 0 fully saturated rings. The van der Waals surface area contributed by atoms with Gasteiger partial charge in [0.15, 0.2) is 0 Å². The van der Waals surface area contributed by atoms with Crippen LogP contribution in [0.5, 0.6) is 11.5 Å². The van der Waals surface area contributed by atoms with Crippen LogP contribution in [0.3, 0.4) is 0 Å². The lowest BCUT2D eigenvalue weighted by molar-refractivity contribution is 0.111. The third-order valence-corrected chi connectivity index (χ3v) is 3.11. The first kappa shape index (κ1) is 15.8. The Balaban J connectivity index is 2.63. The molecule has 0 bridgehead atoms. The molecule has 0 aliphatic heterocycles. The lowest BCUT2D eigenvalue weighted by Crippen LogP contribution is -2.32. The first-order valence-electron chi connectivity index (χ1n) is 6.72. The van der Waals surface area contributed by atoms with Crippen molar-refractivity contribution in [2.45, 2.75) is 32.9 Å². The van der Waals surface area contributed by atoms with Crippen molar-refractivity contribution < 1.29 is 14.6 Å². The summed E-state index contributed by atoms with van der Waals surface area (Å²) < 4.78 is 10.6. The van der Waals surface area contributed by atoms with Crippen LogP contribution >= 0.6 is 0 Å². The molecule has 1 rings (SSSR count). The van der Waals surface area contributed by atoms with Crippen molar-refractivity contribution in [1.29, 1.82) is 0 Å². The molecule has 0 aliphatic carbocycles. The summed E-state index contributed by atoms with van der Waals surface area (Å²) in [6.07, 6.45) is 0.958. The van der Waals surface area contributed by atoms with Gasteiger partial charge in [-0.1, -0.05) is 13.0 Å². The molecule has 19 heavy (non-hydrogen) atoms. The van der Waals surface area contributed by atoms with Gasteiger partial charge in [-0.05, 0) is 26.5 Å². The second kappa shape index (κ2) is 8.02. The maximum atomic E-state index is 10.0. The number of hydrogen-bond donors (Lipinski definition) is 1. The van der Waals surface area contributed by atoms with E-state index in [1.165, 1.54) is 0 Å². The van der Waals surface area contributed by atoms with Crippen molar-refractivity contribution in [3.8, 4) is 11.5 Å². The molecule has 0 aliphatic rings. The minimum absolute atomic E-state index is 0.282. The number of hydrogen-bond acceptors (Lipinski definition) is 4. The topological polar surface area (TPSA) is 41.9 Å². The van der Waals surface area contributed by atoms with E-state index in [1.54, 1.807) is 13.2 Å². The van der Waals surface area contributed by atoms with Crippen LogP contribution in [0, 0.1) is 0 Å². The predicted octanol–water partition coefficient (Wildman–Crippen LogP) is 2.65. The van der Waals surface area contributed by atoms with Gasteiger partial charge in [0, 0.05) is 31.3 Å². The largest absolute Gasteiger partial charge is 0.507 e. The molecular formula is C15H25NO3. The van der Waals surface area contributed by atoms with Crippen LogP contribution in [-0.4, -0.2) is 43.4 Å². The number of rotatable bonds is 8. The van der Waals surface area contributed by atoms with E-state index in [-0.39, 0.29) is 5.75 Å². The molecule has 4 nitrogen and oxygen atoms in total. The third kappa shape index (κ3) is 5.09. The highest BCUT2D eigenvalue weighted by molar-refractivity contribution is 5.39. The molecule has 1 N–H and O–H groups in total. The number of likely N-dealkylation sites (N-methyl/N-ethyl adjacent to an activating group) is 1. The number of aromatic hydroxyl groups is 1. The van der Waals surface area contributed by atoms with E-state index in [4.69, 9.17) is 9.47 Å². The zero-order chi connectivity index (χ0) is 14.3. The standard InChI is InChI=1S/C15H25NO3/c1-5-8-19-14-7-6-13(15(17)9-14)10-16(3)12(2)11-18-4/h6-7,9,12,17H,5,8,10-11H2,1-4H3. The summed E-state index contributed by atoms with van der Waals surface area (Å²) in [5, 5.41) is 10.0. The van der Waals surface area contributed by atoms with Crippen LogP contribution in [0.15, 0.2) is 18.2 Å². The number of methoxy groups -OCH3 is 1. The minimum atomic E-state index is 0.282. The highest BCUT2D eigenvalue weighted by Crippen LogP contribution is 2.25. The molecule has 4 heteroatoms. The first-order chi connectivity index (χ1) is 9.08. The molecule has 0 amide bonds. The lowest BCUT2D eigenvalue weighted by Gasteiger charge is -2.24. The van der Waals surface area contributed by atoms with E-state index < -0.39 is 0 Å². The summed E-state index contributed by atoms with van der Waals surface area (Å²) in [5.74, 6) is 1.00. The molecular weight excluding hydrogens is 242 g/mol. The van der Waals surface area contributed by atoms with Gasteiger partial charge < -0.3 is 14.6 Å². The average molecular weight is 267 g/mol. The second-order valence-electron chi connectivity index (χ2n) is 4.86. The van der Waals surface area contributed by atoms with Gasteiger partial charge in [0.2, 0.25) is 0 Å². The zero-order valence-electron chi connectivity index (χ0n) is 12.3. The predicted molar refractivity (Wildman–Crippen MR) is 76.7 cm³/mol. The van der Waals surface area contributed by atoms with Gasteiger partial charge in [0.1, 0.15) is 11.5 Å². The summed E-state index contributed by atoms with van der Waals surface area (Å²) in [6, 6.07) is 5.80. The molecule has 1 aromatic carbocycles. The summed E-state index contributed by atoms with van der Waals surface area (Å²) >= 11 is 0. The quantitative estimate of drug-likeness (QED) is 0.786. The Morgan fingerprint density at radius 1 is 1.37 bits per heavy atom. The van der Waals surface area contributed by atoms with Gasteiger partial charge in [-0.15, -0.1) is 0 Å². The van der Waals surface area contributed by atoms with E-state index in [0.717, 1.165) is 17.7 Å². The van der Waals surface area contributed by atoms with Gasteiger partial charge in [-0.25, -0.2) is 0 Å².